The molecule has 0 atom stereocenters. The first-order valence-electron chi connectivity index (χ1n) is 9.55. The highest BCUT2D eigenvalue weighted by Gasteiger charge is 2.28. The second-order valence-corrected chi connectivity index (χ2v) is 8.85. The first-order chi connectivity index (χ1) is 12.2. The van der Waals surface area contributed by atoms with Crippen LogP contribution in [-0.4, -0.2) is 13.2 Å². The average molecular weight is 360 g/mol. The van der Waals surface area contributed by atoms with Crippen LogP contribution in [0.25, 0.3) is 10.8 Å². The normalized spacial score (nSPS) is 16.4. The van der Waals surface area contributed by atoms with Gasteiger partial charge in [0.05, 0.1) is 19.4 Å². The molecule has 1 aliphatic carbocycles. The van der Waals surface area contributed by atoms with Crippen LogP contribution in [0.2, 0.25) is 0 Å². The molecule has 2 aromatic rings. The Hall–Kier alpha value is -1.15. The molecule has 2 aromatic carbocycles. The van der Waals surface area contributed by atoms with E-state index in [1.54, 1.807) is 0 Å². The maximum atomic E-state index is 13.1. The molecule has 0 heterocycles. The van der Waals surface area contributed by atoms with Gasteiger partial charge in [0.15, 0.2) is 0 Å². The van der Waals surface area contributed by atoms with E-state index in [2.05, 4.69) is 36.4 Å². The molecule has 0 amide bonds. The minimum atomic E-state index is -3.10. The molecule has 0 bridgehead atoms. The van der Waals surface area contributed by atoms with Gasteiger partial charge in [-0.25, -0.2) is 0 Å². The molecule has 0 radical (unpaired) electrons. The molecule has 3 rings (SSSR count). The summed E-state index contributed by atoms with van der Waals surface area (Å²) < 4.78 is 24.2. The molecular weight excluding hydrogens is 331 g/mol. The van der Waals surface area contributed by atoms with Crippen LogP contribution in [0.5, 0.6) is 0 Å². The first-order valence-corrected chi connectivity index (χ1v) is 11.3. The molecule has 25 heavy (non-hydrogen) atoms. The van der Waals surface area contributed by atoms with Crippen molar-refractivity contribution >= 4 is 18.4 Å². The summed E-state index contributed by atoms with van der Waals surface area (Å²) in [7, 11) is -3.10. The van der Waals surface area contributed by atoms with Gasteiger partial charge in [0, 0.05) is 0 Å². The minimum absolute atomic E-state index is 0.366. The van der Waals surface area contributed by atoms with E-state index in [0.717, 1.165) is 5.56 Å². The highest BCUT2D eigenvalue weighted by Crippen LogP contribution is 2.53. The summed E-state index contributed by atoms with van der Waals surface area (Å²) in [5, 5.41) is 2.56. The van der Waals surface area contributed by atoms with E-state index in [0.29, 0.717) is 25.3 Å². The van der Waals surface area contributed by atoms with Gasteiger partial charge in [0.25, 0.3) is 0 Å². The van der Waals surface area contributed by atoms with Crippen molar-refractivity contribution < 1.29 is 13.6 Å². The number of fused-ring (bicyclic) bond motifs is 1. The van der Waals surface area contributed by atoms with Crippen molar-refractivity contribution in [2.24, 2.45) is 0 Å². The summed E-state index contributed by atoms with van der Waals surface area (Å²) in [5.74, 6) is 0.548. The van der Waals surface area contributed by atoms with Crippen LogP contribution in [0.1, 0.15) is 63.0 Å². The predicted octanol–water partition coefficient (Wildman–Crippen LogP) is 6.65. The van der Waals surface area contributed by atoms with E-state index < -0.39 is 7.60 Å². The summed E-state index contributed by atoms with van der Waals surface area (Å²) in [4.78, 5) is 0. The van der Waals surface area contributed by atoms with Crippen molar-refractivity contribution in [2.45, 2.75) is 58.0 Å². The molecule has 4 heteroatoms. The Labute approximate surface area is 151 Å². The molecule has 0 spiro atoms. The fourth-order valence-corrected chi connectivity index (χ4v) is 5.82. The Bertz CT molecular complexity index is 740. The van der Waals surface area contributed by atoms with Crippen molar-refractivity contribution in [1.29, 1.82) is 0 Å². The standard InChI is InChI=1S/C21H29O3P/c1-3-23-25(22,24-4-2)16-19-15-14-17-10-8-9-13-20(17)21(19)18-11-6-5-7-12-18/h8-10,13-15,18H,3-7,11-12,16H2,1-2H3. The zero-order valence-electron chi connectivity index (χ0n) is 15.4. The van der Waals surface area contributed by atoms with E-state index in [4.69, 9.17) is 9.05 Å². The zero-order valence-corrected chi connectivity index (χ0v) is 16.3. The van der Waals surface area contributed by atoms with Crippen molar-refractivity contribution in [3.63, 3.8) is 0 Å². The predicted molar refractivity (Wildman–Crippen MR) is 104 cm³/mol. The van der Waals surface area contributed by atoms with Crippen LogP contribution in [0, 0.1) is 0 Å². The van der Waals surface area contributed by atoms with E-state index in [1.165, 1.54) is 48.4 Å². The van der Waals surface area contributed by atoms with Gasteiger partial charge in [-0.15, -0.1) is 0 Å². The van der Waals surface area contributed by atoms with Gasteiger partial charge in [-0.3, -0.25) is 4.57 Å². The zero-order chi connectivity index (χ0) is 17.7. The smallest absolute Gasteiger partial charge is 0.309 e. The molecule has 0 unspecified atom stereocenters. The van der Waals surface area contributed by atoms with Gasteiger partial charge in [0.1, 0.15) is 0 Å². The monoisotopic (exact) mass is 360 g/mol. The third-order valence-corrected chi connectivity index (χ3v) is 7.12. The van der Waals surface area contributed by atoms with Gasteiger partial charge >= 0.3 is 7.60 Å². The molecule has 136 valence electrons. The highest BCUT2D eigenvalue weighted by atomic mass is 31.2. The van der Waals surface area contributed by atoms with E-state index in [-0.39, 0.29) is 0 Å². The van der Waals surface area contributed by atoms with Gasteiger partial charge < -0.3 is 9.05 Å². The fourth-order valence-electron chi connectivity index (χ4n) is 4.08. The Kier molecular flexibility index (Phi) is 6.33. The van der Waals surface area contributed by atoms with Crippen LogP contribution in [0.4, 0.5) is 0 Å². The van der Waals surface area contributed by atoms with Crippen molar-refractivity contribution in [3.8, 4) is 0 Å². The molecule has 1 aliphatic rings. The Morgan fingerprint density at radius 2 is 1.64 bits per heavy atom. The SMILES string of the molecule is CCOP(=O)(Cc1ccc2ccccc2c1C1CCCCC1)OCC. The van der Waals surface area contributed by atoms with Crippen molar-refractivity contribution in [1.82, 2.24) is 0 Å². The maximum absolute atomic E-state index is 13.1. The quantitative estimate of drug-likeness (QED) is 0.518. The van der Waals surface area contributed by atoms with Crippen LogP contribution in [0.15, 0.2) is 36.4 Å². The molecular formula is C21H29O3P. The van der Waals surface area contributed by atoms with Gasteiger partial charge in [0.2, 0.25) is 0 Å². The lowest BCUT2D eigenvalue weighted by Gasteiger charge is -2.27. The topological polar surface area (TPSA) is 35.5 Å². The van der Waals surface area contributed by atoms with Gasteiger partial charge in [-0.2, -0.15) is 0 Å². The maximum Gasteiger partial charge on any atom is 0.335 e. The van der Waals surface area contributed by atoms with Crippen LogP contribution < -0.4 is 0 Å². The Balaban J connectivity index is 2.05. The minimum Gasteiger partial charge on any atom is -0.309 e. The average Bonchev–Trinajstić information content (AvgIpc) is 2.62. The van der Waals surface area contributed by atoms with Crippen molar-refractivity contribution in [3.05, 3.63) is 47.5 Å². The number of benzene rings is 2. The molecule has 0 N–H and O–H groups in total. The molecule has 0 aromatic heterocycles. The second kappa shape index (κ2) is 8.49. The third kappa shape index (κ3) is 4.34. The fraction of sp³-hybridized carbons (Fsp3) is 0.524. The van der Waals surface area contributed by atoms with Gasteiger partial charge in [-0.05, 0) is 54.5 Å². The van der Waals surface area contributed by atoms with Crippen LogP contribution >= 0.6 is 7.60 Å². The molecule has 0 aliphatic heterocycles. The summed E-state index contributed by atoms with van der Waals surface area (Å²) in [5.41, 5.74) is 2.51. The Morgan fingerprint density at radius 3 is 2.32 bits per heavy atom. The van der Waals surface area contributed by atoms with Crippen molar-refractivity contribution in [2.75, 3.05) is 13.2 Å². The molecule has 1 fully saturated rings. The number of hydrogen-bond donors (Lipinski definition) is 0. The Morgan fingerprint density at radius 1 is 0.960 bits per heavy atom. The number of rotatable bonds is 7. The molecule has 0 saturated heterocycles. The highest BCUT2D eigenvalue weighted by molar-refractivity contribution is 7.53. The number of hydrogen-bond acceptors (Lipinski definition) is 3. The first kappa shape index (κ1) is 18.6. The summed E-state index contributed by atoms with van der Waals surface area (Å²) in [6.45, 7) is 4.55. The van der Waals surface area contributed by atoms with E-state index in [1.807, 2.05) is 13.8 Å². The lowest BCUT2D eigenvalue weighted by molar-refractivity contribution is 0.219. The van der Waals surface area contributed by atoms with Crippen LogP contribution in [-0.2, 0) is 19.8 Å². The largest absolute Gasteiger partial charge is 0.335 e. The second-order valence-electron chi connectivity index (χ2n) is 6.80. The summed E-state index contributed by atoms with van der Waals surface area (Å²) in [6.07, 6.45) is 6.69. The lowest BCUT2D eigenvalue weighted by Crippen LogP contribution is -2.09. The summed E-state index contributed by atoms with van der Waals surface area (Å²) in [6, 6.07) is 12.8. The molecule has 3 nitrogen and oxygen atoms in total. The lowest BCUT2D eigenvalue weighted by atomic mass is 9.80. The van der Waals surface area contributed by atoms with E-state index in [9.17, 15) is 4.57 Å². The molecule has 1 saturated carbocycles. The third-order valence-electron chi connectivity index (χ3n) is 5.09. The van der Waals surface area contributed by atoms with Gasteiger partial charge in [-0.1, -0.05) is 55.7 Å². The van der Waals surface area contributed by atoms with Crippen LogP contribution in [0.3, 0.4) is 0 Å². The van der Waals surface area contributed by atoms with E-state index >= 15 is 0 Å². The summed E-state index contributed by atoms with van der Waals surface area (Å²) >= 11 is 0.